The topological polar surface area (TPSA) is 15.3 Å². The number of allylic oxidation sites excluding steroid dienone is 1. The van der Waals surface area contributed by atoms with Crippen LogP contribution in [0.3, 0.4) is 0 Å². The van der Waals surface area contributed by atoms with E-state index in [0.717, 1.165) is 18.2 Å². The summed E-state index contributed by atoms with van der Waals surface area (Å²) in [5.74, 6) is 0.820. The highest BCUT2D eigenvalue weighted by atomic mass is 15.1. The van der Waals surface area contributed by atoms with Gasteiger partial charge in [-0.2, -0.15) is 0 Å². The van der Waals surface area contributed by atoms with Gasteiger partial charge in [0.1, 0.15) is 0 Å². The number of rotatable bonds is 3. The maximum absolute atomic E-state index is 3.83. The van der Waals surface area contributed by atoms with Gasteiger partial charge in [0.15, 0.2) is 0 Å². The zero-order chi connectivity index (χ0) is 8.97. The van der Waals surface area contributed by atoms with Crippen LogP contribution in [0.15, 0.2) is 12.3 Å². The molecule has 0 radical (unpaired) electrons. The standard InChI is InChI=1S/C10H20N2.H2/c1-9(2)11-7-10-5-4-6-12(3)8-10;/h10-11H,1,4-8H2,2-3H3;1H. The smallest absolute Gasteiger partial charge is 0.0184 e. The van der Waals surface area contributed by atoms with E-state index in [4.69, 9.17) is 0 Å². The van der Waals surface area contributed by atoms with E-state index in [2.05, 4.69) is 23.8 Å². The Morgan fingerprint density at radius 2 is 2.50 bits per heavy atom. The molecule has 1 aliphatic heterocycles. The molecular formula is C10H22N2. The van der Waals surface area contributed by atoms with Crippen LogP contribution in [0.4, 0.5) is 0 Å². The summed E-state index contributed by atoms with van der Waals surface area (Å²) in [5, 5.41) is 3.31. The van der Waals surface area contributed by atoms with E-state index in [1.165, 1.54) is 25.9 Å². The molecule has 1 unspecified atom stereocenters. The summed E-state index contributed by atoms with van der Waals surface area (Å²) in [6, 6.07) is 0. The molecule has 0 spiro atoms. The Bertz CT molecular complexity index is 159. The summed E-state index contributed by atoms with van der Waals surface area (Å²) in [6.07, 6.45) is 2.71. The molecule has 1 saturated heterocycles. The van der Waals surface area contributed by atoms with Gasteiger partial charge in [0.25, 0.3) is 0 Å². The Labute approximate surface area is 77.1 Å². The Morgan fingerprint density at radius 3 is 3.08 bits per heavy atom. The molecular weight excluding hydrogens is 148 g/mol. The van der Waals surface area contributed by atoms with Crippen molar-refractivity contribution in [3.63, 3.8) is 0 Å². The lowest BCUT2D eigenvalue weighted by Crippen LogP contribution is -2.36. The van der Waals surface area contributed by atoms with Crippen LogP contribution in [0.2, 0.25) is 0 Å². The largest absolute Gasteiger partial charge is 0.389 e. The maximum Gasteiger partial charge on any atom is 0.0184 e. The predicted octanol–water partition coefficient (Wildman–Crippen LogP) is 1.70. The van der Waals surface area contributed by atoms with Crippen LogP contribution in [0.5, 0.6) is 0 Å². The SMILES string of the molecule is C=C(C)NCC1CCCN(C)C1.[HH]. The highest BCUT2D eigenvalue weighted by molar-refractivity contribution is 4.86. The Kier molecular flexibility index (Phi) is 3.60. The highest BCUT2D eigenvalue weighted by Crippen LogP contribution is 2.13. The second-order valence-corrected chi connectivity index (χ2v) is 3.93. The van der Waals surface area contributed by atoms with Crippen LogP contribution < -0.4 is 5.32 Å². The number of piperidine rings is 1. The highest BCUT2D eigenvalue weighted by Gasteiger charge is 2.16. The first-order valence-corrected chi connectivity index (χ1v) is 4.76. The molecule has 0 aromatic heterocycles. The molecule has 1 heterocycles. The lowest BCUT2D eigenvalue weighted by Gasteiger charge is -2.29. The minimum atomic E-state index is 0. The lowest BCUT2D eigenvalue weighted by atomic mass is 9.98. The van der Waals surface area contributed by atoms with Crippen molar-refractivity contribution in [2.75, 3.05) is 26.7 Å². The Balaban J connectivity index is 0.00000144. The molecule has 0 amide bonds. The van der Waals surface area contributed by atoms with Gasteiger partial charge in [-0.3, -0.25) is 0 Å². The number of likely N-dealkylation sites (tertiary alicyclic amines) is 1. The third kappa shape index (κ3) is 3.26. The van der Waals surface area contributed by atoms with Crippen molar-refractivity contribution >= 4 is 0 Å². The van der Waals surface area contributed by atoms with Crippen LogP contribution in [0.1, 0.15) is 21.2 Å². The average molecular weight is 170 g/mol. The summed E-state index contributed by atoms with van der Waals surface area (Å²) in [7, 11) is 2.20. The molecule has 2 nitrogen and oxygen atoms in total. The Hall–Kier alpha value is -0.500. The van der Waals surface area contributed by atoms with Crippen molar-refractivity contribution in [2.45, 2.75) is 19.8 Å². The lowest BCUT2D eigenvalue weighted by molar-refractivity contribution is 0.209. The third-order valence-corrected chi connectivity index (χ3v) is 2.41. The van der Waals surface area contributed by atoms with E-state index in [1.54, 1.807) is 0 Å². The molecule has 2 heteroatoms. The molecule has 1 atom stereocenters. The molecule has 0 aromatic rings. The van der Waals surface area contributed by atoms with Gasteiger partial charge in [0.05, 0.1) is 0 Å². The molecule has 0 saturated carbocycles. The predicted molar refractivity (Wildman–Crippen MR) is 55.2 cm³/mol. The normalized spacial score (nSPS) is 25.3. The number of hydrogen-bond acceptors (Lipinski definition) is 2. The first-order chi connectivity index (χ1) is 5.68. The summed E-state index contributed by atoms with van der Waals surface area (Å²) >= 11 is 0. The zero-order valence-corrected chi connectivity index (χ0v) is 8.27. The van der Waals surface area contributed by atoms with E-state index >= 15 is 0 Å². The fraction of sp³-hybridized carbons (Fsp3) is 0.800. The van der Waals surface area contributed by atoms with Crippen molar-refractivity contribution in [1.82, 2.24) is 10.2 Å². The van der Waals surface area contributed by atoms with Gasteiger partial charge in [-0.25, -0.2) is 0 Å². The Morgan fingerprint density at radius 1 is 1.75 bits per heavy atom. The molecule has 1 fully saturated rings. The van der Waals surface area contributed by atoms with E-state index in [9.17, 15) is 0 Å². The van der Waals surface area contributed by atoms with Gasteiger partial charge in [-0.1, -0.05) is 6.58 Å². The van der Waals surface area contributed by atoms with Crippen molar-refractivity contribution in [3.8, 4) is 0 Å². The average Bonchev–Trinajstić information content (AvgIpc) is 2.01. The molecule has 1 N–H and O–H groups in total. The number of nitrogens with one attached hydrogen (secondary N) is 1. The van der Waals surface area contributed by atoms with Gasteiger partial charge < -0.3 is 10.2 Å². The third-order valence-electron chi connectivity index (χ3n) is 2.41. The van der Waals surface area contributed by atoms with Gasteiger partial charge in [0.2, 0.25) is 0 Å². The molecule has 12 heavy (non-hydrogen) atoms. The molecule has 1 aliphatic rings. The van der Waals surface area contributed by atoms with Crippen LogP contribution >= 0.6 is 0 Å². The minimum Gasteiger partial charge on any atom is -0.389 e. The van der Waals surface area contributed by atoms with Crippen LogP contribution in [-0.2, 0) is 0 Å². The van der Waals surface area contributed by atoms with Crippen molar-refractivity contribution in [3.05, 3.63) is 12.3 Å². The van der Waals surface area contributed by atoms with Crippen molar-refractivity contribution in [2.24, 2.45) is 5.92 Å². The first-order valence-electron chi connectivity index (χ1n) is 4.76. The van der Waals surface area contributed by atoms with Crippen LogP contribution in [-0.4, -0.2) is 31.6 Å². The van der Waals surface area contributed by atoms with E-state index in [0.29, 0.717) is 0 Å². The quantitative estimate of drug-likeness (QED) is 0.693. The van der Waals surface area contributed by atoms with Gasteiger partial charge in [0, 0.05) is 20.2 Å². The number of nitrogens with zero attached hydrogens (tertiary/aromatic N) is 1. The van der Waals surface area contributed by atoms with Crippen molar-refractivity contribution < 1.29 is 1.43 Å². The minimum absolute atomic E-state index is 0. The second kappa shape index (κ2) is 4.51. The monoisotopic (exact) mass is 170 g/mol. The van der Waals surface area contributed by atoms with E-state index in [1.807, 2.05) is 6.92 Å². The molecule has 1 rings (SSSR count). The van der Waals surface area contributed by atoms with E-state index < -0.39 is 0 Å². The fourth-order valence-electron chi connectivity index (χ4n) is 1.76. The second-order valence-electron chi connectivity index (χ2n) is 3.93. The fourth-order valence-corrected chi connectivity index (χ4v) is 1.76. The van der Waals surface area contributed by atoms with Gasteiger partial charge in [-0.15, -0.1) is 0 Å². The molecule has 0 bridgehead atoms. The number of hydrogen-bond donors (Lipinski definition) is 1. The maximum atomic E-state index is 3.83. The van der Waals surface area contributed by atoms with Crippen LogP contribution in [0.25, 0.3) is 0 Å². The molecule has 0 aliphatic carbocycles. The van der Waals surface area contributed by atoms with Gasteiger partial charge >= 0.3 is 0 Å². The molecule has 72 valence electrons. The van der Waals surface area contributed by atoms with Gasteiger partial charge in [-0.05, 0) is 39.3 Å². The molecule has 0 aromatic carbocycles. The van der Waals surface area contributed by atoms with Crippen molar-refractivity contribution in [1.29, 1.82) is 0 Å². The first kappa shape index (κ1) is 9.59. The van der Waals surface area contributed by atoms with Crippen LogP contribution in [0, 0.1) is 5.92 Å². The summed E-state index contributed by atoms with van der Waals surface area (Å²) in [5.41, 5.74) is 1.09. The summed E-state index contributed by atoms with van der Waals surface area (Å²) in [4.78, 5) is 2.41. The van der Waals surface area contributed by atoms with E-state index in [-0.39, 0.29) is 1.43 Å². The summed E-state index contributed by atoms with van der Waals surface area (Å²) in [6.45, 7) is 9.45. The zero-order valence-electron chi connectivity index (χ0n) is 8.27. The summed E-state index contributed by atoms with van der Waals surface area (Å²) < 4.78 is 0.